The number of carbonyl (C=O) groups is 1. The maximum Gasteiger partial charge on any atom is 0.407 e. The molecule has 0 bridgehead atoms. The van der Waals surface area contributed by atoms with Crippen molar-refractivity contribution in [2.45, 2.75) is 58.2 Å². The maximum absolute atomic E-state index is 11.9. The summed E-state index contributed by atoms with van der Waals surface area (Å²) in [5.74, 6) is 0. The van der Waals surface area contributed by atoms with E-state index >= 15 is 0 Å². The summed E-state index contributed by atoms with van der Waals surface area (Å²) in [4.78, 5) is 15.7. The van der Waals surface area contributed by atoms with Crippen molar-refractivity contribution in [1.29, 1.82) is 0 Å². The number of alkyl carbamates (subject to hydrolysis) is 1. The van der Waals surface area contributed by atoms with E-state index in [2.05, 4.69) is 34.7 Å². The minimum Gasteiger partial charge on any atom is -0.444 e. The molecule has 2 atom stereocenters. The fraction of sp³-hybridized carbons (Fsp3) is 0.688. The molecule has 4 nitrogen and oxygen atoms in total. The van der Waals surface area contributed by atoms with Gasteiger partial charge in [-0.1, -0.05) is 6.07 Å². The SMILES string of the molecule is C[C@H](c1cccs1)N1CCC[C@H](NC(=O)OC(C)(C)C)C1. The predicted molar refractivity (Wildman–Crippen MR) is 86.7 cm³/mol. The molecule has 0 aromatic carbocycles. The van der Waals surface area contributed by atoms with Crippen LogP contribution in [-0.4, -0.2) is 35.7 Å². The Balaban J connectivity index is 1.87. The van der Waals surface area contributed by atoms with E-state index in [0.29, 0.717) is 6.04 Å². The summed E-state index contributed by atoms with van der Waals surface area (Å²) in [6.45, 7) is 9.88. The van der Waals surface area contributed by atoms with Crippen LogP contribution < -0.4 is 5.32 Å². The summed E-state index contributed by atoms with van der Waals surface area (Å²) in [6.07, 6.45) is 1.82. The van der Waals surface area contributed by atoms with Gasteiger partial charge in [0.15, 0.2) is 0 Å². The first kappa shape index (κ1) is 16.3. The zero-order chi connectivity index (χ0) is 15.5. The van der Waals surface area contributed by atoms with Crippen molar-refractivity contribution in [2.24, 2.45) is 0 Å². The number of piperidine rings is 1. The van der Waals surface area contributed by atoms with Gasteiger partial charge in [-0.15, -0.1) is 11.3 Å². The summed E-state index contributed by atoms with van der Waals surface area (Å²) < 4.78 is 5.34. The Kier molecular flexibility index (Phi) is 5.27. The molecule has 0 spiro atoms. The van der Waals surface area contributed by atoms with Gasteiger partial charge in [0.05, 0.1) is 0 Å². The average Bonchev–Trinajstić information content (AvgIpc) is 2.89. The first-order chi connectivity index (χ1) is 9.85. The lowest BCUT2D eigenvalue weighted by Gasteiger charge is -2.36. The zero-order valence-electron chi connectivity index (χ0n) is 13.4. The first-order valence-corrected chi connectivity index (χ1v) is 8.50. The molecule has 1 aromatic heterocycles. The molecule has 0 saturated carbocycles. The third-order valence-electron chi connectivity index (χ3n) is 3.68. The van der Waals surface area contributed by atoms with Crippen LogP contribution in [0.3, 0.4) is 0 Å². The van der Waals surface area contributed by atoms with Gasteiger partial charge in [0.1, 0.15) is 5.60 Å². The first-order valence-electron chi connectivity index (χ1n) is 7.62. The molecule has 0 radical (unpaired) electrons. The Morgan fingerprint density at radius 1 is 1.52 bits per heavy atom. The van der Waals surface area contributed by atoms with E-state index in [9.17, 15) is 4.79 Å². The summed E-state index contributed by atoms with van der Waals surface area (Å²) in [6, 6.07) is 4.86. The predicted octanol–water partition coefficient (Wildman–Crippen LogP) is 3.80. The van der Waals surface area contributed by atoms with Crippen molar-refractivity contribution in [3.05, 3.63) is 22.4 Å². The highest BCUT2D eigenvalue weighted by Crippen LogP contribution is 2.27. The molecule has 1 saturated heterocycles. The molecule has 118 valence electrons. The number of thiophene rings is 1. The van der Waals surface area contributed by atoms with Gasteiger partial charge < -0.3 is 10.1 Å². The molecule has 1 aromatic rings. The van der Waals surface area contributed by atoms with Crippen molar-refractivity contribution >= 4 is 17.4 Å². The zero-order valence-corrected chi connectivity index (χ0v) is 14.2. The normalized spacial score (nSPS) is 21.8. The Morgan fingerprint density at radius 3 is 2.90 bits per heavy atom. The Morgan fingerprint density at radius 2 is 2.29 bits per heavy atom. The van der Waals surface area contributed by atoms with E-state index < -0.39 is 5.60 Å². The molecule has 1 N–H and O–H groups in total. The quantitative estimate of drug-likeness (QED) is 0.923. The highest BCUT2D eigenvalue weighted by molar-refractivity contribution is 7.10. The Hall–Kier alpha value is -1.07. The van der Waals surface area contributed by atoms with Crippen LogP contribution in [0.1, 0.15) is 51.5 Å². The summed E-state index contributed by atoms with van der Waals surface area (Å²) in [5, 5.41) is 5.12. The molecule has 2 rings (SSSR count). The third kappa shape index (κ3) is 5.00. The van der Waals surface area contributed by atoms with Crippen LogP contribution in [0.2, 0.25) is 0 Å². The highest BCUT2D eigenvalue weighted by atomic mass is 32.1. The van der Waals surface area contributed by atoms with Crippen molar-refractivity contribution < 1.29 is 9.53 Å². The van der Waals surface area contributed by atoms with Crippen LogP contribution in [0.4, 0.5) is 4.79 Å². The molecule has 1 fully saturated rings. The van der Waals surface area contributed by atoms with Crippen molar-refractivity contribution in [2.75, 3.05) is 13.1 Å². The molecule has 1 aliphatic rings. The van der Waals surface area contributed by atoms with Gasteiger partial charge in [-0.25, -0.2) is 4.79 Å². The number of nitrogens with zero attached hydrogens (tertiary/aromatic N) is 1. The van der Waals surface area contributed by atoms with Crippen molar-refractivity contribution in [3.8, 4) is 0 Å². The van der Waals surface area contributed by atoms with Gasteiger partial charge in [-0.3, -0.25) is 4.90 Å². The fourth-order valence-corrected chi connectivity index (χ4v) is 3.48. The Bertz CT molecular complexity index is 453. The summed E-state index contributed by atoms with van der Waals surface area (Å²) in [5.41, 5.74) is -0.442. The van der Waals surface area contributed by atoms with E-state index in [1.54, 1.807) is 11.3 Å². The van der Waals surface area contributed by atoms with Gasteiger partial charge in [0.25, 0.3) is 0 Å². The van der Waals surface area contributed by atoms with E-state index in [1.807, 2.05) is 20.8 Å². The summed E-state index contributed by atoms with van der Waals surface area (Å²) >= 11 is 1.79. The number of hydrogen-bond donors (Lipinski definition) is 1. The van der Waals surface area contributed by atoms with E-state index in [1.165, 1.54) is 4.88 Å². The largest absolute Gasteiger partial charge is 0.444 e. The molecule has 5 heteroatoms. The second-order valence-corrected chi connectivity index (χ2v) is 7.65. The molecule has 1 amide bonds. The average molecular weight is 310 g/mol. The number of nitrogens with one attached hydrogen (secondary N) is 1. The van der Waals surface area contributed by atoms with Crippen LogP contribution in [0.25, 0.3) is 0 Å². The van der Waals surface area contributed by atoms with Gasteiger partial charge in [0.2, 0.25) is 0 Å². The number of amides is 1. The lowest BCUT2D eigenvalue weighted by Crippen LogP contribution is -2.49. The van der Waals surface area contributed by atoms with Crippen molar-refractivity contribution in [1.82, 2.24) is 10.2 Å². The monoisotopic (exact) mass is 310 g/mol. The third-order valence-corrected chi connectivity index (χ3v) is 4.72. The smallest absolute Gasteiger partial charge is 0.407 e. The van der Waals surface area contributed by atoms with E-state index in [4.69, 9.17) is 4.74 Å². The van der Waals surface area contributed by atoms with E-state index in [0.717, 1.165) is 25.9 Å². The maximum atomic E-state index is 11.9. The number of carbonyl (C=O) groups excluding carboxylic acids is 1. The minimum atomic E-state index is -0.442. The van der Waals surface area contributed by atoms with Crippen molar-refractivity contribution in [3.63, 3.8) is 0 Å². The van der Waals surface area contributed by atoms with Crippen LogP contribution in [0, 0.1) is 0 Å². The number of hydrogen-bond acceptors (Lipinski definition) is 4. The van der Waals surface area contributed by atoms with Crippen LogP contribution >= 0.6 is 11.3 Å². The molecule has 1 aliphatic heterocycles. The topological polar surface area (TPSA) is 41.6 Å². The highest BCUT2D eigenvalue weighted by Gasteiger charge is 2.27. The number of rotatable bonds is 3. The lowest BCUT2D eigenvalue weighted by molar-refractivity contribution is 0.0459. The molecule has 0 aliphatic carbocycles. The molecule has 0 unspecified atom stereocenters. The molecular formula is C16H26N2O2S. The van der Waals surface area contributed by atoms with Gasteiger partial charge in [-0.05, 0) is 58.5 Å². The fourth-order valence-electron chi connectivity index (χ4n) is 2.66. The molecule has 21 heavy (non-hydrogen) atoms. The summed E-state index contributed by atoms with van der Waals surface area (Å²) in [7, 11) is 0. The standard InChI is InChI=1S/C16H26N2O2S/c1-12(14-8-6-10-21-14)18-9-5-7-13(11-18)17-15(19)20-16(2,3)4/h6,8,10,12-13H,5,7,9,11H2,1-4H3,(H,17,19)/t12-,13+/m1/s1. The van der Waals surface area contributed by atoms with Crippen LogP contribution in [0.15, 0.2) is 17.5 Å². The lowest BCUT2D eigenvalue weighted by atomic mass is 10.0. The number of ether oxygens (including phenoxy) is 1. The molecule has 2 heterocycles. The minimum absolute atomic E-state index is 0.177. The van der Waals surface area contributed by atoms with E-state index in [-0.39, 0.29) is 12.1 Å². The van der Waals surface area contributed by atoms with Gasteiger partial charge in [-0.2, -0.15) is 0 Å². The van der Waals surface area contributed by atoms with Crippen LogP contribution in [0.5, 0.6) is 0 Å². The second-order valence-electron chi connectivity index (χ2n) is 6.67. The van der Waals surface area contributed by atoms with Gasteiger partial charge in [0, 0.05) is 23.5 Å². The second kappa shape index (κ2) is 6.79. The molecular weight excluding hydrogens is 284 g/mol. The Labute approximate surface area is 131 Å². The number of likely N-dealkylation sites (tertiary alicyclic amines) is 1. The van der Waals surface area contributed by atoms with Gasteiger partial charge >= 0.3 is 6.09 Å². The van der Waals surface area contributed by atoms with Crippen LogP contribution in [-0.2, 0) is 4.74 Å².